The molecule has 1 rings (SSSR count). The topological polar surface area (TPSA) is 88.3 Å². The van der Waals surface area contributed by atoms with Gasteiger partial charge in [-0.05, 0) is 12.8 Å². The Kier molecular flexibility index (Phi) is 4.86. The summed E-state index contributed by atoms with van der Waals surface area (Å²) >= 11 is 0. The lowest BCUT2D eigenvalue weighted by Gasteiger charge is -2.19. The van der Waals surface area contributed by atoms with E-state index in [-0.39, 0.29) is 16.9 Å². The third-order valence-electron chi connectivity index (χ3n) is 2.71. The Morgan fingerprint density at radius 1 is 1.37 bits per heavy atom. The van der Waals surface area contributed by atoms with E-state index in [2.05, 4.69) is 15.0 Å². The van der Waals surface area contributed by atoms with Gasteiger partial charge in [0.2, 0.25) is 0 Å². The van der Waals surface area contributed by atoms with E-state index in [0.29, 0.717) is 5.69 Å². The van der Waals surface area contributed by atoms with Crippen molar-refractivity contribution < 1.29 is 14.3 Å². The molecule has 0 aliphatic carbocycles. The van der Waals surface area contributed by atoms with E-state index in [1.165, 1.54) is 19.4 Å². The number of esters is 1. The average molecular weight is 266 g/mol. The van der Waals surface area contributed by atoms with Crippen LogP contribution in [0.15, 0.2) is 17.1 Å². The van der Waals surface area contributed by atoms with E-state index in [9.17, 15) is 14.4 Å². The number of H-pyrrole nitrogens is 1. The van der Waals surface area contributed by atoms with Crippen LogP contribution in [0.1, 0.15) is 29.9 Å². The molecule has 0 fully saturated rings. The Hall–Kier alpha value is -2.11. The Bertz CT molecular complexity index is 534. The number of nitrogens with one attached hydrogen (secondary N) is 2. The van der Waals surface area contributed by atoms with Crippen molar-refractivity contribution in [2.45, 2.75) is 26.8 Å². The van der Waals surface area contributed by atoms with Crippen LogP contribution in [0.25, 0.3) is 0 Å². The first-order valence-corrected chi connectivity index (χ1v) is 5.94. The van der Waals surface area contributed by atoms with Crippen molar-refractivity contribution in [3.63, 3.8) is 0 Å². The Labute approximate surface area is 111 Å². The van der Waals surface area contributed by atoms with Crippen molar-refractivity contribution >= 4 is 11.9 Å². The lowest BCUT2D eigenvalue weighted by molar-refractivity contribution is -0.144. The normalized spacial score (nSPS) is 12.1. The predicted octanol–water partition coefficient (Wildman–Crippen LogP) is 0.611. The zero-order valence-corrected chi connectivity index (χ0v) is 11.4. The highest BCUT2D eigenvalue weighted by molar-refractivity contribution is 5.96. The molecule has 1 amide bonds. The maximum absolute atomic E-state index is 12.0. The second-order valence-electron chi connectivity index (χ2n) is 4.61. The van der Waals surface area contributed by atoms with Gasteiger partial charge in [-0.1, -0.05) is 13.8 Å². The first kappa shape index (κ1) is 14.9. The molecule has 0 bridgehead atoms. The molecular weight excluding hydrogens is 248 g/mol. The molecule has 0 saturated heterocycles. The molecule has 0 aliphatic heterocycles. The third-order valence-corrected chi connectivity index (χ3v) is 2.71. The number of methoxy groups -OCH3 is 1. The molecule has 0 aromatic carbocycles. The molecule has 1 atom stereocenters. The van der Waals surface area contributed by atoms with E-state index in [4.69, 9.17) is 0 Å². The van der Waals surface area contributed by atoms with Crippen LogP contribution >= 0.6 is 0 Å². The van der Waals surface area contributed by atoms with Crippen LogP contribution in [0, 0.1) is 12.8 Å². The van der Waals surface area contributed by atoms with E-state index < -0.39 is 17.9 Å². The van der Waals surface area contributed by atoms with E-state index >= 15 is 0 Å². The van der Waals surface area contributed by atoms with Crippen LogP contribution in [0.3, 0.4) is 0 Å². The molecule has 1 unspecified atom stereocenters. The second-order valence-corrected chi connectivity index (χ2v) is 4.61. The van der Waals surface area contributed by atoms with Gasteiger partial charge in [0, 0.05) is 18.0 Å². The van der Waals surface area contributed by atoms with Crippen molar-refractivity contribution in [2.24, 2.45) is 5.92 Å². The summed E-state index contributed by atoms with van der Waals surface area (Å²) in [5.74, 6) is -1.27. The van der Waals surface area contributed by atoms with Crippen molar-refractivity contribution in [3.05, 3.63) is 33.7 Å². The van der Waals surface area contributed by atoms with E-state index in [1.54, 1.807) is 20.8 Å². The molecule has 0 aliphatic rings. The predicted molar refractivity (Wildman–Crippen MR) is 69.9 cm³/mol. The zero-order chi connectivity index (χ0) is 14.6. The molecule has 2 N–H and O–H groups in total. The monoisotopic (exact) mass is 266 g/mol. The van der Waals surface area contributed by atoms with Crippen LogP contribution in [0.5, 0.6) is 0 Å². The van der Waals surface area contributed by atoms with Crippen molar-refractivity contribution in [1.29, 1.82) is 0 Å². The van der Waals surface area contributed by atoms with Gasteiger partial charge in [0.15, 0.2) is 5.43 Å². The SMILES string of the molecule is COC(=O)C(NC(=O)c1c[nH]c(C)cc1=O)C(C)C. The van der Waals surface area contributed by atoms with Crippen LogP contribution < -0.4 is 10.7 Å². The molecule has 1 heterocycles. The molecule has 0 spiro atoms. The highest BCUT2D eigenvalue weighted by Gasteiger charge is 2.26. The maximum Gasteiger partial charge on any atom is 0.328 e. The fourth-order valence-corrected chi connectivity index (χ4v) is 1.59. The highest BCUT2D eigenvalue weighted by atomic mass is 16.5. The Morgan fingerprint density at radius 3 is 2.47 bits per heavy atom. The number of aromatic nitrogens is 1. The summed E-state index contributed by atoms with van der Waals surface area (Å²) in [6.45, 7) is 5.27. The van der Waals surface area contributed by atoms with Gasteiger partial charge in [-0.15, -0.1) is 0 Å². The number of carbonyl (C=O) groups is 2. The van der Waals surface area contributed by atoms with Gasteiger partial charge in [0.05, 0.1) is 7.11 Å². The van der Waals surface area contributed by atoms with Crippen LogP contribution in [0.4, 0.5) is 0 Å². The minimum atomic E-state index is -0.779. The minimum absolute atomic E-state index is 0.0276. The number of hydrogen-bond acceptors (Lipinski definition) is 4. The van der Waals surface area contributed by atoms with Crippen molar-refractivity contribution in [2.75, 3.05) is 7.11 Å². The molecule has 6 heteroatoms. The molecule has 1 aromatic heterocycles. The molecule has 0 radical (unpaired) electrons. The summed E-state index contributed by atoms with van der Waals surface area (Å²) in [5.41, 5.74) is 0.246. The Balaban J connectivity index is 2.94. The number of aromatic amines is 1. The van der Waals surface area contributed by atoms with Crippen LogP contribution in [0.2, 0.25) is 0 Å². The van der Waals surface area contributed by atoms with Crippen molar-refractivity contribution in [1.82, 2.24) is 10.3 Å². The van der Waals surface area contributed by atoms with E-state index in [0.717, 1.165) is 0 Å². The summed E-state index contributed by atoms with van der Waals surface area (Å²) in [6, 6.07) is 0.551. The second kappa shape index (κ2) is 6.17. The largest absolute Gasteiger partial charge is 0.467 e. The fourth-order valence-electron chi connectivity index (χ4n) is 1.59. The number of aryl methyl sites for hydroxylation is 1. The molecule has 0 saturated carbocycles. The van der Waals surface area contributed by atoms with Crippen molar-refractivity contribution in [3.8, 4) is 0 Å². The molecular formula is C13H18N2O4. The van der Waals surface area contributed by atoms with Crippen LogP contribution in [-0.4, -0.2) is 30.0 Å². The highest BCUT2D eigenvalue weighted by Crippen LogP contribution is 2.04. The number of carbonyl (C=O) groups excluding carboxylic acids is 2. The lowest BCUT2D eigenvalue weighted by atomic mass is 10.0. The average Bonchev–Trinajstić information content (AvgIpc) is 2.34. The third kappa shape index (κ3) is 3.67. The molecule has 1 aromatic rings. The quantitative estimate of drug-likeness (QED) is 0.781. The first-order valence-electron chi connectivity index (χ1n) is 5.94. The summed E-state index contributed by atoms with van der Waals surface area (Å²) in [6.07, 6.45) is 1.33. The molecule has 19 heavy (non-hydrogen) atoms. The number of hydrogen-bond donors (Lipinski definition) is 2. The summed E-state index contributed by atoms with van der Waals surface area (Å²) in [7, 11) is 1.25. The van der Waals surface area contributed by atoms with Gasteiger partial charge in [0.25, 0.3) is 5.91 Å². The maximum atomic E-state index is 12.0. The lowest BCUT2D eigenvalue weighted by Crippen LogP contribution is -2.46. The first-order chi connectivity index (χ1) is 8.86. The van der Waals surface area contributed by atoms with Gasteiger partial charge < -0.3 is 15.0 Å². The standard InChI is InChI=1S/C13H18N2O4/c1-7(2)11(13(18)19-4)15-12(17)9-6-14-8(3)5-10(9)16/h5-7,11H,1-4H3,(H,14,16)(H,15,17). The number of ether oxygens (including phenoxy) is 1. The van der Waals surface area contributed by atoms with Gasteiger partial charge in [-0.25, -0.2) is 4.79 Å². The molecule has 104 valence electrons. The van der Waals surface area contributed by atoms with Gasteiger partial charge >= 0.3 is 5.97 Å². The summed E-state index contributed by atoms with van der Waals surface area (Å²) in [5, 5.41) is 2.51. The van der Waals surface area contributed by atoms with E-state index in [1.807, 2.05) is 0 Å². The Morgan fingerprint density at radius 2 is 2.00 bits per heavy atom. The summed E-state index contributed by atoms with van der Waals surface area (Å²) < 4.78 is 4.62. The number of pyridine rings is 1. The van der Waals surface area contributed by atoms with Crippen LogP contribution in [-0.2, 0) is 9.53 Å². The summed E-state index contributed by atoms with van der Waals surface area (Å²) in [4.78, 5) is 38.0. The smallest absolute Gasteiger partial charge is 0.328 e. The van der Waals surface area contributed by atoms with Gasteiger partial charge in [0.1, 0.15) is 11.6 Å². The zero-order valence-electron chi connectivity index (χ0n) is 11.4. The fraction of sp³-hybridized carbons (Fsp3) is 0.462. The molecule has 6 nitrogen and oxygen atoms in total. The number of rotatable bonds is 4. The minimum Gasteiger partial charge on any atom is -0.467 e. The van der Waals surface area contributed by atoms with Gasteiger partial charge in [-0.3, -0.25) is 9.59 Å². The van der Waals surface area contributed by atoms with Gasteiger partial charge in [-0.2, -0.15) is 0 Å². The number of amides is 1.